The molecule has 5 rings (SSSR count). The number of methoxy groups -OCH3 is 2. The standard InChI is InChI=1S/C35H37N3O4/c1-21-15-22(2)28(16-23(21)20-42-27-13-11-26(41-6)12-14-27)32-29(19-36)34(37)38(24-7-9-25(40-5)10-8-24)30-17-35(3,4)18-31(39)33(30)32/h7-16,32H,17-18,20,37H2,1-6H3. The smallest absolute Gasteiger partial charge is 0.162 e. The van der Waals surface area contributed by atoms with Crippen molar-refractivity contribution >= 4 is 11.5 Å². The molecule has 2 aliphatic rings. The van der Waals surface area contributed by atoms with Crippen LogP contribution in [0.3, 0.4) is 0 Å². The van der Waals surface area contributed by atoms with Crippen molar-refractivity contribution in [3.8, 4) is 23.3 Å². The molecule has 42 heavy (non-hydrogen) atoms. The van der Waals surface area contributed by atoms with Gasteiger partial charge in [0.25, 0.3) is 0 Å². The number of hydrogen-bond acceptors (Lipinski definition) is 7. The number of rotatable bonds is 7. The number of allylic oxidation sites excluding steroid dienone is 3. The van der Waals surface area contributed by atoms with E-state index >= 15 is 0 Å². The molecule has 7 heteroatoms. The number of nitriles is 1. The Hall–Kier alpha value is -4.70. The summed E-state index contributed by atoms with van der Waals surface area (Å²) in [7, 11) is 3.25. The second kappa shape index (κ2) is 11.3. The van der Waals surface area contributed by atoms with E-state index in [1.165, 1.54) is 0 Å². The number of ether oxygens (including phenoxy) is 3. The Labute approximate surface area is 247 Å². The van der Waals surface area contributed by atoms with Gasteiger partial charge in [0.1, 0.15) is 29.7 Å². The molecule has 0 spiro atoms. The van der Waals surface area contributed by atoms with Crippen LogP contribution >= 0.6 is 0 Å². The normalized spacial score (nSPS) is 18.0. The van der Waals surface area contributed by atoms with E-state index in [9.17, 15) is 10.1 Å². The zero-order valence-corrected chi connectivity index (χ0v) is 25.1. The average Bonchev–Trinajstić information content (AvgIpc) is 2.96. The van der Waals surface area contributed by atoms with Crippen LogP contribution in [-0.2, 0) is 11.4 Å². The fourth-order valence-electron chi connectivity index (χ4n) is 6.06. The number of carbonyl (C=O) groups is 1. The number of carbonyl (C=O) groups excluding carboxylic acids is 1. The molecular formula is C35H37N3O4. The maximum Gasteiger partial charge on any atom is 0.162 e. The van der Waals surface area contributed by atoms with Gasteiger partial charge in [0.2, 0.25) is 0 Å². The first-order valence-electron chi connectivity index (χ1n) is 14.0. The number of Topliss-reactive ketones (excluding diaryl/α,β-unsaturated/α-hetero) is 1. The average molecular weight is 564 g/mol. The Morgan fingerprint density at radius 1 is 0.929 bits per heavy atom. The summed E-state index contributed by atoms with van der Waals surface area (Å²) in [5.74, 6) is 2.01. The van der Waals surface area contributed by atoms with Crippen molar-refractivity contribution in [3.05, 3.63) is 106 Å². The van der Waals surface area contributed by atoms with Gasteiger partial charge in [-0.25, -0.2) is 0 Å². The summed E-state index contributed by atoms with van der Waals surface area (Å²) in [4.78, 5) is 15.9. The number of hydrogen-bond donors (Lipinski definition) is 1. The third-order valence-corrected chi connectivity index (χ3v) is 8.20. The molecule has 2 N–H and O–H groups in total. The van der Waals surface area contributed by atoms with E-state index in [0.29, 0.717) is 42.2 Å². The van der Waals surface area contributed by atoms with Crippen molar-refractivity contribution in [2.24, 2.45) is 11.1 Å². The fourth-order valence-corrected chi connectivity index (χ4v) is 6.06. The molecule has 0 saturated carbocycles. The molecule has 1 atom stereocenters. The quantitative estimate of drug-likeness (QED) is 0.336. The number of nitrogens with two attached hydrogens (primary N) is 1. The predicted octanol–water partition coefficient (Wildman–Crippen LogP) is 6.84. The first-order chi connectivity index (χ1) is 20.1. The van der Waals surface area contributed by atoms with Crippen molar-refractivity contribution in [3.63, 3.8) is 0 Å². The van der Waals surface area contributed by atoms with Crippen LogP contribution in [0, 0.1) is 30.6 Å². The molecule has 0 radical (unpaired) electrons. The summed E-state index contributed by atoms with van der Waals surface area (Å²) < 4.78 is 16.7. The largest absolute Gasteiger partial charge is 0.497 e. The second-order valence-electron chi connectivity index (χ2n) is 11.8. The van der Waals surface area contributed by atoms with E-state index < -0.39 is 5.92 Å². The van der Waals surface area contributed by atoms with Crippen molar-refractivity contribution in [1.29, 1.82) is 5.26 Å². The van der Waals surface area contributed by atoms with Crippen LogP contribution in [0.25, 0.3) is 0 Å². The second-order valence-corrected chi connectivity index (χ2v) is 11.8. The topological polar surface area (TPSA) is 97.8 Å². The Morgan fingerprint density at radius 3 is 2.12 bits per heavy atom. The first kappa shape index (κ1) is 28.8. The summed E-state index contributed by atoms with van der Waals surface area (Å²) in [5.41, 5.74) is 13.2. The lowest BCUT2D eigenvalue weighted by Crippen LogP contribution is -2.42. The van der Waals surface area contributed by atoms with Crippen LogP contribution in [0.5, 0.6) is 17.2 Å². The van der Waals surface area contributed by atoms with Crippen LogP contribution in [0.15, 0.2) is 83.3 Å². The summed E-state index contributed by atoms with van der Waals surface area (Å²) >= 11 is 0. The Balaban J connectivity index is 1.62. The van der Waals surface area contributed by atoms with Crippen molar-refractivity contribution in [2.45, 2.75) is 53.1 Å². The molecule has 1 aliphatic carbocycles. The van der Waals surface area contributed by atoms with Crippen molar-refractivity contribution < 1.29 is 19.0 Å². The van der Waals surface area contributed by atoms with Crippen molar-refractivity contribution in [2.75, 3.05) is 19.1 Å². The molecule has 0 bridgehead atoms. The van der Waals surface area contributed by atoms with Gasteiger partial charge in [-0.3, -0.25) is 9.69 Å². The highest BCUT2D eigenvalue weighted by atomic mass is 16.5. The maximum atomic E-state index is 14.0. The molecule has 7 nitrogen and oxygen atoms in total. The van der Waals surface area contributed by atoms with E-state index in [0.717, 1.165) is 45.1 Å². The van der Waals surface area contributed by atoms with Crippen molar-refractivity contribution in [1.82, 2.24) is 0 Å². The number of ketones is 1. The van der Waals surface area contributed by atoms with E-state index in [1.54, 1.807) is 14.2 Å². The molecule has 0 aromatic heterocycles. The van der Waals surface area contributed by atoms with Gasteiger partial charge in [-0.2, -0.15) is 5.26 Å². The van der Waals surface area contributed by atoms with Gasteiger partial charge in [-0.1, -0.05) is 26.0 Å². The minimum atomic E-state index is -0.566. The van der Waals surface area contributed by atoms with Crippen LogP contribution in [0.4, 0.5) is 5.69 Å². The molecule has 3 aromatic rings. The lowest BCUT2D eigenvalue weighted by Gasteiger charge is -2.44. The highest BCUT2D eigenvalue weighted by Gasteiger charge is 2.45. The lowest BCUT2D eigenvalue weighted by molar-refractivity contribution is -0.118. The minimum absolute atomic E-state index is 0.0426. The van der Waals surface area contributed by atoms with Crippen LogP contribution < -0.4 is 24.8 Å². The summed E-state index contributed by atoms with van der Waals surface area (Å²) in [5, 5.41) is 10.5. The summed E-state index contributed by atoms with van der Waals surface area (Å²) in [6.45, 7) is 8.60. The lowest BCUT2D eigenvalue weighted by atomic mass is 9.68. The van der Waals surface area contributed by atoms with Gasteiger partial charge in [0.15, 0.2) is 5.78 Å². The Morgan fingerprint density at radius 2 is 1.52 bits per heavy atom. The Kier molecular flexibility index (Phi) is 7.74. The third kappa shape index (κ3) is 5.33. The fraction of sp³-hybridized carbons (Fsp3) is 0.314. The van der Waals surface area contributed by atoms with Gasteiger partial charge >= 0.3 is 0 Å². The van der Waals surface area contributed by atoms with E-state index in [-0.39, 0.29) is 11.2 Å². The zero-order chi connectivity index (χ0) is 30.2. The monoisotopic (exact) mass is 563 g/mol. The molecule has 0 saturated heterocycles. The van der Waals surface area contributed by atoms with Crippen LogP contribution in [0.1, 0.15) is 54.9 Å². The molecule has 0 fully saturated rings. The minimum Gasteiger partial charge on any atom is -0.497 e. The highest BCUT2D eigenvalue weighted by Crippen LogP contribution is 2.51. The zero-order valence-electron chi connectivity index (χ0n) is 25.1. The van der Waals surface area contributed by atoms with Gasteiger partial charge < -0.3 is 19.9 Å². The van der Waals surface area contributed by atoms with E-state index in [4.69, 9.17) is 19.9 Å². The highest BCUT2D eigenvalue weighted by molar-refractivity contribution is 6.01. The van der Waals surface area contributed by atoms with Gasteiger partial charge in [0.05, 0.1) is 31.8 Å². The third-order valence-electron chi connectivity index (χ3n) is 8.20. The predicted molar refractivity (Wildman–Crippen MR) is 163 cm³/mol. The maximum absolute atomic E-state index is 14.0. The molecule has 3 aromatic carbocycles. The van der Waals surface area contributed by atoms with Gasteiger partial charge in [-0.05, 0) is 96.5 Å². The number of benzene rings is 3. The Bertz CT molecular complexity index is 1630. The van der Waals surface area contributed by atoms with E-state index in [1.807, 2.05) is 67.3 Å². The molecular weight excluding hydrogens is 526 g/mol. The molecule has 1 unspecified atom stereocenters. The molecule has 1 heterocycles. The molecule has 0 amide bonds. The number of aryl methyl sites for hydroxylation is 2. The van der Waals surface area contributed by atoms with E-state index in [2.05, 4.69) is 32.0 Å². The molecule has 216 valence electrons. The van der Waals surface area contributed by atoms with Gasteiger partial charge in [0, 0.05) is 23.4 Å². The van der Waals surface area contributed by atoms with Crippen LogP contribution in [-0.4, -0.2) is 20.0 Å². The number of nitrogens with zero attached hydrogens (tertiary/aromatic N) is 2. The SMILES string of the molecule is COc1ccc(OCc2cc(C3C(C#N)=C(N)N(c4ccc(OC)cc4)C4=C3C(=O)CC(C)(C)C4)c(C)cc2C)cc1. The summed E-state index contributed by atoms with van der Waals surface area (Å²) in [6, 6.07) is 21.5. The first-order valence-corrected chi connectivity index (χ1v) is 14.0. The number of anilines is 1. The van der Waals surface area contributed by atoms with Gasteiger partial charge in [-0.15, -0.1) is 0 Å². The molecule has 1 aliphatic heterocycles. The summed E-state index contributed by atoms with van der Waals surface area (Å²) in [6.07, 6.45) is 1.05. The van der Waals surface area contributed by atoms with Crippen LogP contribution in [0.2, 0.25) is 0 Å².